The summed E-state index contributed by atoms with van der Waals surface area (Å²) in [4.78, 5) is 0. The Balaban J connectivity index is 1.52. The molecule has 4 aromatic rings. The van der Waals surface area contributed by atoms with E-state index in [1.54, 1.807) is 12.1 Å². The average molecular weight is 366 g/mol. The van der Waals surface area contributed by atoms with Crippen LogP contribution >= 0.6 is 0 Å². The van der Waals surface area contributed by atoms with Crippen molar-refractivity contribution in [1.29, 1.82) is 0 Å². The molecular formula is C25H22N2O. The van der Waals surface area contributed by atoms with Gasteiger partial charge in [-0.2, -0.15) is 0 Å². The third-order valence-electron chi connectivity index (χ3n) is 4.82. The normalized spacial score (nSPS) is 10.5. The van der Waals surface area contributed by atoms with Crippen molar-refractivity contribution in [3.05, 3.63) is 103 Å². The van der Waals surface area contributed by atoms with Crippen LogP contribution < -0.4 is 15.6 Å². The molecule has 138 valence electrons. The third kappa shape index (κ3) is 3.75. The van der Waals surface area contributed by atoms with Gasteiger partial charge in [0.1, 0.15) is 5.75 Å². The van der Waals surface area contributed by atoms with Gasteiger partial charge in [0.05, 0.1) is 18.5 Å². The summed E-state index contributed by atoms with van der Waals surface area (Å²) in [6, 6.07) is 35.0. The molecule has 0 atom stereocenters. The van der Waals surface area contributed by atoms with Gasteiger partial charge in [0.2, 0.25) is 0 Å². The molecule has 28 heavy (non-hydrogen) atoms. The van der Waals surface area contributed by atoms with E-state index in [2.05, 4.69) is 60.7 Å². The number of rotatable bonds is 5. The summed E-state index contributed by atoms with van der Waals surface area (Å²) in [5.74, 6) is 7.08. The largest absolute Gasteiger partial charge is 0.497 e. The zero-order chi connectivity index (χ0) is 19.3. The molecule has 0 aliphatic heterocycles. The molecule has 3 nitrogen and oxygen atoms in total. The third-order valence-corrected chi connectivity index (χ3v) is 4.82. The van der Waals surface area contributed by atoms with Crippen LogP contribution in [0.1, 0.15) is 0 Å². The highest BCUT2D eigenvalue weighted by Gasteiger charge is 2.06. The second kappa shape index (κ2) is 7.99. The number of ether oxygens (including phenoxy) is 1. The lowest BCUT2D eigenvalue weighted by Crippen LogP contribution is -2.24. The molecule has 0 spiro atoms. The Kier molecular flexibility index (Phi) is 5.09. The molecule has 0 saturated heterocycles. The summed E-state index contributed by atoms with van der Waals surface area (Å²) < 4.78 is 5.20. The van der Waals surface area contributed by atoms with Crippen molar-refractivity contribution in [3.63, 3.8) is 0 Å². The van der Waals surface area contributed by atoms with Crippen molar-refractivity contribution in [1.82, 2.24) is 0 Å². The minimum atomic E-state index is 0.812. The van der Waals surface area contributed by atoms with Crippen LogP contribution in [0.4, 0.5) is 11.4 Å². The molecular weight excluding hydrogens is 344 g/mol. The Morgan fingerprint density at radius 2 is 0.929 bits per heavy atom. The summed E-state index contributed by atoms with van der Waals surface area (Å²) in [6.07, 6.45) is 0. The number of benzene rings is 4. The van der Waals surface area contributed by atoms with Gasteiger partial charge in [0.25, 0.3) is 0 Å². The Morgan fingerprint density at radius 1 is 0.536 bits per heavy atom. The molecule has 0 heterocycles. The molecule has 0 unspecified atom stereocenters. The average Bonchev–Trinajstić information content (AvgIpc) is 2.79. The summed E-state index contributed by atoms with van der Waals surface area (Å²) >= 11 is 0. The Hall–Kier alpha value is -3.56. The van der Waals surface area contributed by atoms with Crippen LogP contribution in [-0.2, 0) is 0 Å². The van der Waals surface area contributed by atoms with E-state index in [1.165, 1.54) is 16.7 Å². The molecule has 0 amide bonds. The van der Waals surface area contributed by atoms with Gasteiger partial charge in [-0.05, 0) is 58.7 Å². The van der Waals surface area contributed by atoms with Crippen molar-refractivity contribution in [3.8, 4) is 28.0 Å². The minimum Gasteiger partial charge on any atom is -0.497 e. The van der Waals surface area contributed by atoms with Gasteiger partial charge in [-0.1, -0.05) is 66.7 Å². The monoisotopic (exact) mass is 366 g/mol. The number of methoxy groups -OCH3 is 1. The number of hydrogen-bond acceptors (Lipinski definition) is 3. The fraction of sp³-hybridized carbons (Fsp3) is 0.0400. The molecule has 3 heteroatoms. The number of hydrogen-bond donors (Lipinski definition) is 1. The minimum absolute atomic E-state index is 0.812. The molecule has 0 fully saturated rings. The molecule has 4 aromatic carbocycles. The van der Waals surface area contributed by atoms with Crippen LogP contribution in [0.15, 0.2) is 103 Å². The van der Waals surface area contributed by atoms with Crippen molar-refractivity contribution < 1.29 is 4.74 Å². The Morgan fingerprint density at radius 3 is 1.39 bits per heavy atom. The quantitative estimate of drug-likeness (QED) is 0.346. The first-order valence-corrected chi connectivity index (χ1v) is 9.19. The first-order chi connectivity index (χ1) is 13.7. The fourth-order valence-corrected chi connectivity index (χ4v) is 3.19. The molecule has 0 radical (unpaired) electrons. The highest BCUT2D eigenvalue weighted by molar-refractivity contribution is 5.72. The van der Waals surface area contributed by atoms with Crippen LogP contribution in [0, 0.1) is 0 Å². The van der Waals surface area contributed by atoms with Gasteiger partial charge in [0, 0.05) is 0 Å². The first kappa shape index (κ1) is 17.8. The van der Waals surface area contributed by atoms with Crippen LogP contribution in [-0.4, -0.2) is 7.11 Å². The van der Waals surface area contributed by atoms with Crippen molar-refractivity contribution in [2.75, 3.05) is 12.1 Å². The summed E-state index contributed by atoms with van der Waals surface area (Å²) in [7, 11) is 1.65. The van der Waals surface area contributed by atoms with Gasteiger partial charge in [0.15, 0.2) is 0 Å². The first-order valence-electron chi connectivity index (χ1n) is 9.19. The van der Waals surface area contributed by atoms with Crippen molar-refractivity contribution in [2.45, 2.75) is 0 Å². The number of anilines is 2. The van der Waals surface area contributed by atoms with E-state index in [9.17, 15) is 0 Å². The standard InChI is InChI=1S/C25H22N2O/c1-28-25-17-15-24(16-18-25)27(26)23-13-11-22(12-14-23)21-9-7-20(8-10-21)19-5-3-2-4-6-19/h2-18H,26H2,1H3. The molecule has 0 aliphatic rings. The molecule has 0 bridgehead atoms. The number of hydrazine groups is 1. The summed E-state index contributed by atoms with van der Waals surface area (Å²) in [6.45, 7) is 0. The van der Waals surface area contributed by atoms with Gasteiger partial charge in [-0.3, -0.25) is 5.01 Å². The fourth-order valence-electron chi connectivity index (χ4n) is 3.19. The lowest BCUT2D eigenvalue weighted by Gasteiger charge is -2.19. The van der Waals surface area contributed by atoms with E-state index >= 15 is 0 Å². The van der Waals surface area contributed by atoms with Gasteiger partial charge >= 0.3 is 0 Å². The zero-order valence-corrected chi connectivity index (χ0v) is 15.7. The highest BCUT2D eigenvalue weighted by Crippen LogP contribution is 2.28. The van der Waals surface area contributed by atoms with Crippen LogP contribution in [0.25, 0.3) is 22.3 Å². The van der Waals surface area contributed by atoms with E-state index in [0.29, 0.717) is 0 Å². The van der Waals surface area contributed by atoms with Crippen LogP contribution in [0.3, 0.4) is 0 Å². The second-order valence-corrected chi connectivity index (χ2v) is 6.56. The van der Waals surface area contributed by atoms with Crippen molar-refractivity contribution >= 4 is 11.4 Å². The topological polar surface area (TPSA) is 38.5 Å². The number of nitrogens with two attached hydrogens (primary N) is 1. The van der Waals surface area contributed by atoms with Crippen LogP contribution in [0.5, 0.6) is 5.75 Å². The predicted octanol–water partition coefficient (Wildman–Crippen LogP) is 6.04. The smallest absolute Gasteiger partial charge is 0.119 e. The van der Waals surface area contributed by atoms with Gasteiger partial charge < -0.3 is 4.74 Å². The summed E-state index contributed by atoms with van der Waals surface area (Å²) in [5, 5.41) is 1.67. The maximum absolute atomic E-state index is 6.27. The molecule has 0 aliphatic carbocycles. The Bertz CT molecular complexity index is 1020. The maximum atomic E-state index is 6.27. The van der Waals surface area contributed by atoms with E-state index in [0.717, 1.165) is 22.7 Å². The molecule has 0 aromatic heterocycles. The second-order valence-electron chi connectivity index (χ2n) is 6.56. The highest BCUT2D eigenvalue weighted by atomic mass is 16.5. The summed E-state index contributed by atoms with van der Waals surface area (Å²) in [5.41, 5.74) is 6.61. The maximum Gasteiger partial charge on any atom is 0.119 e. The van der Waals surface area contributed by atoms with E-state index in [1.807, 2.05) is 42.5 Å². The van der Waals surface area contributed by atoms with E-state index in [-0.39, 0.29) is 0 Å². The lowest BCUT2D eigenvalue weighted by atomic mass is 10.0. The van der Waals surface area contributed by atoms with E-state index in [4.69, 9.17) is 10.6 Å². The zero-order valence-electron chi connectivity index (χ0n) is 15.7. The number of nitrogens with zero attached hydrogens (tertiary/aromatic N) is 1. The lowest BCUT2D eigenvalue weighted by molar-refractivity contribution is 0.415. The molecule has 0 saturated carbocycles. The predicted molar refractivity (Wildman–Crippen MR) is 117 cm³/mol. The Labute approximate surface area is 165 Å². The van der Waals surface area contributed by atoms with E-state index < -0.39 is 0 Å². The molecule has 2 N–H and O–H groups in total. The van der Waals surface area contributed by atoms with Crippen LogP contribution in [0.2, 0.25) is 0 Å². The van der Waals surface area contributed by atoms with Gasteiger partial charge in [-0.15, -0.1) is 0 Å². The molecule has 4 rings (SSSR count). The SMILES string of the molecule is COc1ccc(N(N)c2ccc(-c3ccc(-c4ccccc4)cc3)cc2)cc1. The van der Waals surface area contributed by atoms with Crippen molar-refractivity contribution in [2.24, 2.45) is 5.84 Å². The van der Waals surface area contributed by atoms with Gasteiger partial charge in [-0.25, -0.2) is 5.84 Å².